The smallest absolute Gasteiger partial charge is 0.304 e. The van der Waals surface area contributed by atoms with Crippen molar-refractivity contribution in [3.8, 4) is 0 Å². The number of carboxylic acid groups (broad SMARTS) is 1. The summed E-state index contributed by atoms with van der Waals surface area (Å²) in [6.45, 7) is 6.83. The van der Waals surface area contributed by atoms with Gasteiger partial charge < -0.3 is 15.3 Å². The topological polar surface area (TPSA) is 52.6 Å². The van der Waals surface area contributed by atoms with E-state index in [1.165, 1.54) is 16.8 Å². The summed E-state index contributed by atoms with van der Waals surface area (Å²) < 4.78 is 0. The number of carboxylic acids is 1. The Morgan fingerprint density at radius 1 is 1.47 bits per heavy atom. The van der Waals surface area contributed by atoms with E-state index >= 15 is 0 Å². The van der Waals surface area contributed by atoms with E-state index in [1.807, 2.05) is 0 Å². The summed E-state index contributed by atoms with van der Waals surface area (Å²) in [5.41, 5.74) is 3.73. The van der Waals surface area contributed by atoms with Crippen molar-refractivity contribution in [3.63, 3.8) is 0 Å². The summed E-state index contributed by atoms with van der Waals surface area (Å²) >= 11 is 0. The highest BCUT2D eigenvalue weighted by atomic mass is 16.4. The number of hydrogen-bond acceptors (Lipinski definition) is 3. The Bertz CT molecular complexity index is 459. The predicted molar refractivity (Wildman–Crippen MR) is 76.8 cm³/mol. The summed E-state index contributed by atoms with van der Waals surface area (Å²) in [7, 11) is 0. The van der Waals surface area contributed by atoms with Crippen LogP contribution in [0.15, 0.2) is 18.2 Å². The molecule has 2 N–H and O–H groups in total. The van der Waals surface area contributed by atoms with Crippen LogP contribution in [0.5, 0.6) is 0 Å². The molecular formula is C15H22N2O2. The van der Waals surface area contributed by atoms with E-state index in [0.717, 1.165) is 26.1 Å². The Hall–Kier alpha value is -1.55. The first kappa shape index (κ1) is 13.9. The van der Waals surface area contributed by atoms with Crippen molar-refractivity contribution < 1.29 is 9.90 Å². The van der Waals surface area contributed by atoms with Gasteiger partial charge in [0.1, 0.15) is 0 Å². The van der Waals surface area contributed by atoms with Gasteiger partial charge in [0, 0.05) is 24.8 Å². The number of nitrogens with zero attached hydrogens (tertiary/aromatic N) is 1. The van der Waals surface area contributed by atoms with Gasteiger partial charge in [0.2, 0.25) is 0 Å². The number of nitrogens with one attached hydrogen (secondary N) is 1. The van der Waals surface area contributed by atoms with Crippen LogP contribution < -0.4 is 10.2 Å². The van der Waals surface area contributed by atoms with Crippen molar-refractivity contribution in [2.75, 3.05) is 24.5 Å². The molecule has 1 aromatic rings. The van der Waals surface area contributed by atoms with Crippen LogP contribution in [0.1, 0.15) is 24.0 Å². The second-order valence-electron chi connectivity index (χ2n) is 5.34. The Morgan fingerprint density at radius 2 is 2.26 bits per heavy atom. The Kier molecular flexibility index (Phi) is 4.43. The van der Waals surface area contributed by atoms with Gasteiger partial charge in [0.15, 0.2) is 0 Å². The van der Waals surface area contributed by atoms with Gasteiger partial charge in [0.05, 0.1) is 6.42 Å². The van der Waals surface area contributed by atoms with Gasteiger partial charge in [-0.25, -0.2) is 0 Å². The molecule has 0 aliphatic carbocycles. The van der Waals surface area contributed by atoms with E-state index in [4.69, 9.17) is 5.11 Å². The van der Waals surface area contributed by atoms with Crippen molar-refractivity contribution in [2.24, 2.45) is 0 Å². The molecule has 0 aromatic heterocycles. The third-order valence-electron chi connectivity index (χ3n) is 3.60. The number of aryl methyl sites for hydroxylation is 2. The third-order valence-corrected chi connectivity index (χ3v) is 3.60. The van der Waals surface area contributed by atoms with E-state index in [1.54, 1.807) is 0 Å². The second-order valence-corrected chi connectivity index (χ2v) is 5.34. The summed E-state index contributed by atoms with van der Waals surface area (Å²) in [6, 6.07) is 6.47. The molecule has 1 atom stereocenters. The standard InChI is InChI=1S/C15H22N2O2/c1-11-4-5-12(2)14(8-11)17-7-3-6-16-13(10-17)9-15(18)19/h4-5,8,13,16H,3,6-7,9-10H2,1-2H3,(H,18,19). The lowest BCUT2D eigenvalue weighted by molar-refractivity contribution is -0.137. The average Bonchev–Trinajstić information content (AvgIpc) is 2.57. The minimum Gasteiger partial charge on any atom is -0.481 e. The molecule has 1 aromatic carbocycles. The Labute approximate surface area is 114 Å². The van der Waals surface area contributed by atoms with E-state index in [2.05, 4.69) is 42.3 Å². The third kappa shape index (κ3) is 3.70. The SMILES string of the molecule is Cc1ccc(C)c(N2CCCNC(CC(=O)O)C2)c1. The van der Waals surface area contributed by atoms with Crippen molar-refractivity contribution in [2.45, 2.75) is 32.7 Å². The second kappa shape index (κ2) is 6.06. The van der Waals surface area contributed by atoms with Crippen molar-refractivity contribution in [1.82, 2.24) is 5.32 Å². The van der Waals surface area contributed by atoms with Crippen LogP contribution in [0.25, 0.3) is 0 Å². The predicted octanol–water partition coefficient (Wildman–Crippen LogP) is 1.95. The first-order valence-electron chi connectivity index (χ1n) is 6.83. The summed E-state index contributed by atoms with van der Waals surface area (Å²) in [4.78, 5) is 13.2. The summed E-state index contributed by atoms with van der Waals surface area (Å²) in [5.74, 6) is -0.736. The number of rotatable bonds is 3. The van der Waals surface area contributed by atoms with Crippen LogP contribution in [0.2, 0.25) is 0 Å². The van der Waals surface area contributed by atoms with Crippen LogP contribution in [0, 0.1) is 13.8 Å². The normalized spacial score (nSPS) is 20.1. The van der Waals surface area contributed by atoms with E-state index < -0.39 is 5.97 Å². The first-order valence-corrected chi connectivity index (χ1v) is 6.83. The molecule has 1 heterocycles. The molecule has 4 nitrogen and oxygen atoms in total. The van der Waals surface area contributed by atoms with E-state index in [9.17, 15) is 4.79 Å². The molecule has 0 radical (unpaired) electrons. The molecule has 4 heteroatoms. The minimum atomic E-state index is -0.736. The molecule has 2 rings (SSSR count). The quantitative estimate of drug-likeness (QED) is 0.874. The van der Waals surface area contributed by atoms with Gasteiger partial charge in [0.25, 0.3) is 0 Å². The fraction of sp³-hybridized carbons (Fsp3) is 0.533. The average molecular weight is 262 g/mol. The molecular weight excluding hydrogens is 240 g/mol. The van der Waals surface area contributed by atoms with E-state index in [0.29, 0.717) is 0 Å². The lowest BCUT2D eigenvalue weighted by Gasteiger charge is -2.27. The molecule has 1 aliphatic heterocycles. The molecule has 1 saturated heterocycles. The fourth-order valence-corrected chi connectivity index (χ4v) is 2.62. The molecule has 104 valence electrons. The lowest BCUT2D eigenvalue weighted by Crippen LogP contribution is -2.39. The highest BCUT2D eigenvalue weighted by molar-refractivity contribution is 5.67. The minimum absolute atomic E-state index is 0.0277. The van der Waals surface area contributed by atoms with Crippen LogP contribution in [0.3, 0.4) is 0 Å². The highest BCUT2D eigenvalue weighted by Crippen LogP contribution is 2.23. The molecule has 0 bridgehead atoms. The van der Waals surface area contributed by atoms with Crippen molar-refractivity contribution in [3.05, 3.63) is 29.3 Å². The van der Waals surface area contributed by atoms with Crippen molar-refractivity contribution >= 4 is 11.7 Å². The zero-order chi connectivity index (χ0) is 13.8. The molecule has 19 heavy (non-hydrogen) atoms. The summed E-state index contributed by atoms with van der Waals surface area (Å²) in [5, 5.41) is 12.3. The molecule has 1 aliphatic rings. The molecule has 0 spiro atoms. The van der Waals surface area contributed by atoms with Gasteiger partial charge in [-0.2, -0.15) is 0 Å². The molecule has 1 unspecified atom stereocenters. The van der Waals surface area contributed by atoms with Crippen LogP contribution in [-0.2, 0) is 4.79 Å². The zero-order valence-electron chi connectivity index (χ0n) is 11.6. The zero-order valence-corrected chi connectivity index (χ0v) is 11.6. The van der Waals surface area contributed by atoms with Crippen molar-refractivity contribution in [1.29, 1.82) is 0 Å². The molecule has 1 fully saturated rings. The maximum absolute atomic E-state index is 10.9. The number of benzene rings is 1. The molecule has 0 amide bonds. The highest BCUT2D eigenvalue weighted by Gasteiger charge is 2.21. The summed E-state index contributed by atoms with van der Waals surface area (Å²) in [6.07, 6.45) is 1.23. The van der Waals surface area contributed by atoms with Crippen LogP contribution >= 0.6 is 0 Å². The maximum atomic E-state index is 10.9. The van der Waals surface area contributed by atoms with Crippen LogP contribution in [-0.4, -0.2) is 36.8 Å². The van der Waals surface area contributed by atoms with Gasteiger partial charge >= 0.3 is 5.97 Å². The molecule has 0 saturated carbocycles. The van der Waals surface area contributed by atoms with Gasteiger partial charge in [-0.15, -0.1) is 0 Å². The Morgan fingerprint density at radius 3 is 3.00 bits per heavy atom. The number of carbonyl (C=O) groups is 1. The number of aliphatic carboxylic acids is 1. The number of hydrogen-bond donors (Lipinski definition) is 2. The van der Waals surface area contributed by atoms with E-state index in [-0.39, 0.29) is 12.5 Å². The monoisotopic (exact) mass is 262 g/mol. The first-order chi connectivity index (χ1) is 9.06. The maximum Gasteiger partial charge on any atom is 0.304 e. The van der Waals surface area contributed by atoms with Gasteiger partial charge in [-0.1, -0.05) is 12.1 Å². The number of anilines is 1. The Balaban J connectivity index is 2.17. The largest absolute Gasteiger partial charge is 0.481 e. The van der Waals surface area contributed by atoms with Gasteiger partial charge in [-0.3, -0.25) is 4.79 Å². The van der Waals surface area contributed by atoms with Gasteiger partial charge in [-0.05, 0) is 44.0 Å². The van der Waals surface area contributed by atoms with Crippen LogP contribution in [0.4, 0.5) is 5.69 Å². The lowest BCUT2D eigenvalue weighted by atomic mass is 10.1. The fourth-order valence-electron chi connectivity index (χ4n) is 2.62.